The van der Waals surface area contributed by atoms with Gasteiger partial charge in [-0.2, -0.15) is 0 Å². The molecule has 0 aliphatic heterocycles. The lowest BCUT2D eigenvalue weighted by Gasteiger charge is -2.10. The van der Waals surface area contributed by atoms with Crippen molar-refractivity contribution < 1.29 is 35.4 Å². The minimum atomic E-state index is -0.954. The summed E-state index contributed by atoms with van der Waals surface area (Å²) < 4.78 is 4.95. The van der Waals surface area contributed by atoms with Crippen molar-refractivity contribution >= 4 is 0 Å². The Labute approximate surface area is 131 Å². The highest BCUT2D eigenvalue weighted by Gasteiger charge is 2.00. The van der Waals surface area contributed by atoms with E-state index in [-0.39, 0.29) is 25.9 Å². The molecule has 7 nitrogen and oxygen atoms in total. The number of para-hydroxylation sites is 1. The highest BCUT2D eigenvalue weighted by Crippen LogP contribution is 2.02. The van der Waals surface area contributed by atoms with E-state index >= 15 is 0 Å². The lowest BCUT2D eigenvalue weighted by molar-refractivity contribution is -0.0177. The standard InChI is InChI=1S/C6H14O3.C6H6O.C3H8O3/c1-5(8)4-9-6(2)3-7;7-6-4-2-1-3-5-6;4-1-3(6)2-5/h5-8H,3-4H2,1-2H3;1-5,7H;3-6H,1-2H2. The Morgan fingerprint density at radius 2 is 1.41 bits per heavy atom. The van der Waals surface area contributed by atoms with E-state index in [0.717, 1.165) is 0 Å². The van der Waals surface area contributed by atoms with Crippen molar-refractivity contribution in [3.05, 3.63) is 30.3 Å². The molecule has 0 bridgehead atoms. The number of phenolic OH excluding ortho intramolecular Hbond substituents is 1. The summed E-state index contributed by atoms with van der Waals surface area (Å²) in [5.41, 5.74) is 0. The van der Waals surface area contributed by atoms with Crippen LogP contribution < -0.4 is 0 Å². The Kier molecular flexibility index (Phi) is 16.9. The molecule has 1 rings (SSSR count). The van der Waals surface area contributed by atoms with Gasteiger partial charge in [0.2, 0.25) is 0 Å². The monoisotopic (exact) mass is 320 g/mol. The van der Waals surface area contributed by atoms with Crippen molar-refractivity contribution in [1.82, 2.24) is 0 Å². The molecule has 0 aliphatic carbocycles. The molecule has 7 heteroatoms. The molecule has 0 radical (unpaired) electrons. The molecular formula is C15H28O7. The minimum absolute atomic E-state index is 0.00667. The third-order valence-electron chi connectivity index (χ3n) is 2.06. The SMILES string of the molecule is CC(O)COC(C)CO.OCC(O)CO.Oc1ccccc1. The fourth-order valence-corrected chi connectivity index (χ4v) is 0.842. The van der Waals surface area contributed by atoms with Crippen LogP contribution in [-0.4, -0.2) is 75.4 Å². The van der Waals surface area contributed by atoms with Crippen molar-refractivity contribution in [3.63, 3.8) is 0 Å². The van der Waals surface area contributed by atoms with Crippen molar-refractivity contribution in [3.8, 4) is 5.75 Å². The Morgan fingerprint density at radius 1 is 0.909 bits per heavy atom. The maximum Gasteiger partial charge on any atom is 0.115 e. The third-order valence-corrected chi connectivity index (χ3v) is 2.06. The lowest BCUT2D eigenvalue weighted by atomic mass is 10.3. The van der Waals surface area contributed by atoms with Gasteiger partial charge in [-0.1, -0.05) is 18.2 Å². The minimum Gasteiger partial charge on any atom is -0.508 e. The van der Waals surface area contributed by atoms with Gasteiger partial charge in [0.15, 0.2) is 0 Å². The van der Waals surface area contributed by atoms with Gasteiger partial charge in [-0.05, 0) is 26.0 Å². The normalized spacial score (nSPS) is 12.5. The number of hydrogen-bond acceptors (Lipinski definition) is 7. The molecule has 0 saturated heterocycles. The van der Waals surface area contributed by atoms with Crippen LogP contribution in [0.3, 0.4) is 0 Å². The van der Waals surface area contributed by atoms with Gasteiger partial charge in [0.05, 0.1) is 38.6 Å². The Balaban J connectivity index is 0. The topological polar surface area (TPSA) is 131 Å². The molecule has 0 spiro atoms. The van der Waals surface area contributed by atoms with E-state index in [9.17, 15) is 0 Å². The van der Waals surface area contributed by atoms with Gasteiger partial charge in [0, 0.05) is 0 Å². The zero-order valence-corrected chi connectivity index (χ0v) is 13.0. The van der Waals surface area contributed by atoms with Crippen LogP contribution in [0, 0.1) is 0 Å². The summed E-state index contributed by atoms with van der Waals surface area (Å²) in [5, 5.41) is 49.8. The van der Waals surface area contributed by atoms with Gasteiger partial charge in [-0.3, -0.25) is 0 Å². The van der Waals surface area contributed by atoms with Gasteiger partial charge in [-0.15, -0.1) is 0 Å². The second-order valence-corrected chi connectivity index (χ2v) is 4.53. The van der Waals surface area contributed by atoms with E-state index in [0.29, 0.717) is 12.4 Å². The summed E-state index contributed by atoms with van der Waals surface area (Å²) in [6, 6.07) is 8.71. The van der Waals surface area contributed by atoms with E-state index in [1.807, 2.05) is 6.07 Å². The zero-order chi connectivity index (χ0) is 17.4. The summed E-state index contributed by atoms with van der Waals surface area (Å²) in [6.07, 6.45) is -1.57. The van der Waals surface area contributed by atoms with E-state index < -0.39 is 12.2 Å². The van der Waals surface area contributed by atoms with Gasteiger partial charge < -0.3 is 35.4 Å². The quantitative estimate of drug-likeness (QED) is 0.416. The van der Waals surface area contributed by atoms with Crippen LogP contribution >= 0.6 is 0 Å². The summed E-state index contributed by atoms with van der Waals surface area (Å²) >= 11 is 0. The summed E-state index contributed by atoms with van der Waals surface area (Å²) in [4.78, 5) is 0. The van der Waals surface area contributed by atoms with Gasteiger partial charge in [0.1, 0.15) is 11.9 Å². The molecule has 1 aromatic rings. The van der Waals surface area contributed by atoms with E-state index in [4.69, 9.17) is 35.4 Å². The molecule has 0 saturated carbocycles. The zero-order valence-electron chi connectivity index (χ0n) is 13.0. The number of phenols is 1. The number of rotatable bonds is 6. The van der Waals surface area contributed by atoms with Crippen LogP contribution in [0.2, 0.25) is 0 Å². The fourth-order valence-electron chi connectivity index (χ4n) is 0.842. The molecule has 0 amide bonds. The van der Waals surface area contributed by atoms with Crippen molar-refractivity contribution in [1.29, 1.82) is 0 Å². The maximum absolute atomic E-state index is 8.69. The molecule has 0 heterocycles. The lowest BCUT2D eigenvalue weighted by Crippen LogP contribution is -2.19. The molecule has 6 N–H and O–H groups in total. The first-order chi connectivity index (χ1) is 10.4. The largest absolute Gasteiger partial charge is 0.508 e. The highest BCUT2D eigenvalue weighted by atomic mass is 16.5. The molecule has 22 heavy (non-hydrogen) atoms. The first-order valence-corrected chi connectivity index (χ1v) is 6.91. The van der Waals surface area contributed by atoms with Crippen molar-refractivity contribution in [2.24, 2.45) is 0 Å². The number of aromatic hydroxyl groups is 1. The van der Waals surface area contributed by atoms with Crippen LogP contribution in [-0.2, 0) is 4.74 Å². The molecule has 2 unspecified atom stereocenters. The van der Waals surface area contributed by atoms with E-state index in [2.05, 4.69) is 0 Å². The van der Waals surface area contributed by atoms with Crippen LogP contribution in [0.1, 0.15) is 13.8 Å². The molecular weight excluding hydrogens is 292 g/mol. The first-order valence-electron chi connectivity index (χ1n) is 6.91. The molecule has 1 aromatic carbocycles. The average molecular weight is 320 g/mol. The number of aliphatic hydroxyl groups is 5. The van der Waals surface area contributed by atoms with Crippen LogP contribution in [0.5, 0.6) is 5.75 Å². The molecule has 2 atom stereocenters. The van der Waals surface area contributed by atoms with Gasteiger partial charge >= 0.3 is 0 Å². The van der Waals surface area contributed by atoms with Gasteiger partial charge in [-0.25, -0.2) is 0 Å². The van der Waals surface area contributed by atoms with Crippen LogP contribution in [0.15, 0.2) is 30.3 Å². The summed E-state index contributed by atoms with van der Waals surface area (Å²) in [6.45, 7) is 2.97. The van der Waals surface area contributed by atoms with E-state index in [1.54, 1.807) is 38.1 Å². The Morgan fingerprint density at radius 3 is 1.64 bits per heavy atom. The smallest absolute Gasteiger partial charge is 0.115 e. The summed E-state index contributed by atoms with van der Waals surface area (Å²) in [5.74, 6) is 0.322. The number of ether oxygens (including phenoxy) is 1. The first kappa shape index (κ1) is 23.1. The van der Waals surface area contributed by atoms with Crippen molar-refractivity contribution in [2.45, 2.75) is 32.2 Å². The second-order valence-electron chi connectivity index (χ2n) is 4.53. The second kappa shape index (κ2) is 16.2. The predicted molar refractivity (Wildman–Crippen MR) is 82.5 cm³/mol. The number of aliphatic hydroxyl groups excluding tert-OH is 5. The molecule has 130 valence electrons. The average Bonchev–Trinajstić information content (AvgIpc) is 2.53. The predicted octanol–water partition coefficient (Wildman–Crippen LogP) is -0.511. The number of benzene rings is 1. The maximum atomic E-state index is 8.69. The number of hydrogen-bond donors (Lipinski definition) is 6. The van der Waals surface area contributed by atoms with E-state index in [1.165, 1.54) is 0 Å². The fraction of sp³-hybridized carbons (Fsp3) is 0.600. The van der Waals surface area contributed by atoms with Crippen LogP contribution in [0.4, 0.5) is 0 Å². The van der Waals surface area contributed by atoms with Crippen LogP contribution in [0.25, 0.3) is 0 Å². The Hall–Kier alpha value is -1.22. The Bertz CT molecular complexity index is 315. The third kappa shape index (κ3) is 18.8. The highest BCUT2D eigenvalue weighted by molar-refractivity contribution is 5.18. The summed E-state index contributed by atoms with van der Waals surface area (Å²) in [7, 11) is 0. The van der Waals surface area contributed by atoms with Gasteiger partial charge in [0.25, 0.3) is 0 Å². The molecule has 0 aliphatic rings. The molecule has 0 fully saturated rings. The van der Waals surface area contributed by atoms with Crippen molar-refractivity contribution in [2.75, 3.05) is 26.4 Å². The molecule has 0 aromatic heterocycles.